The summed E-state index contributed by atoms with van der Waals surface area (Å²) < 4.78 is 17.0. The maximum absolute atomic E-state index is 5.95. The van der Waals surface area contributed by atoms with Crippen molar-refractivity contribution in [1.29, 1.82) is 0 Å². The number of aromatic nitrogens is 1. The van der Waals surface area contributed by atoms with Gasteiger partial charge >= 0.3 is 0 Å². The van der Waals surface area contributed by atoms with Crippen molar-refractivity contribution in [1.82, 2.24) is 4.98 Å². The summed E-state index contributed by atoms with van der Waals surface area (Å²) in [7, 11) is 0. The predicted octanol–water partition coefficient (Wildman–Crippen LogP) is 3.74. The highest BCUT2D eigenvalue weighted by atomic mass is 16.7. The number of fused-ring (bicyclic) bond motifs is 1. The fourth-order valence-electron chi connectivity index (χ4n) is 2.26. The van der Waals surface area contributed by atoms with Gasteiger partial charge in [0.05, 0.1) is 0 Å². The maximum atomic E-state index is 5.95. The molecule has 1 aromatic carbocycles. The summed E-state index contributed by atoms with van der Waals surface area (Å²) in [5, 5.41) is 0. The molecule has 4 nitrogen and oxygen atoms in total. The lowest BCUT2D eigenvalue weighted by Gasteiger charge is -2.00. The molecule has 20 heavy (non-hydrogen) atoms. The minimum Gasteiger partial charge on any atom is -0.449 e. The Labute approximate surface area is 115 Å². The van der Waals surface area contributed by atoms with Crippen LogP contribution in [0.4, 0.5) is 0 Å². The first-order valence-corrected chi connectivity index (χ1v) is 6.33. The van der Waals surface area contributed by atoms with E-state index < -0.39 is 0 Å². The molecule has 0 bridgehead atoms. The molecule has 98 valence electrons. The Balaban J connectivity index is 1.91. The van der Waals surface area contributed by atoms with Crippen LogP contribution < -0.4 is 9.47 Å². The second-order valence-electron chi connectivity index (χ2n) is 4.41. The van der Waals surface area contributed by atoms with E-state index in [1.807, 2.05) is 48.5 Å². The smallest absolute Gasteiger partial charge is 0.231 e. The van der Waals surface area contributed by atoms with Crippen molar-refractivity contribution < 1.29 is 13.9 Å². The molecule has 4 heteroatoms. The number of nitrogens with zero attached hydrogens (tertiary/aromatic N) is 1. The van der Waals surface area contributed by atoms with Gasteiger partial charge in [-0.05, 0) is 12.1 Å². The third-order valence-electron chi connectivity index (χ3n) is 3.16. The zero-order valence-corrected chi connectivity index (χ0v) is 10.6. The molecular weight excluding hydrogens is 254 g/mol. The molecule has 0 aliphatic carbocycles. The Morgan fingerprint density at radius 1 is 0.800 bits per heavy atom. The van der Waals surface area contributed by atoms with Crippen LogP contribution in [0.5, 0.6) is 11.5 Å². The van der Waals surface area contributed by atoms with Crippen LogP contribution in [0, 0.1) is 0 Å². The molecule has 0 saturated carbocycles. The Kier molecular flexibility index (Phi) is 2.45. The van der Waals surface area contributed by atoms with Gasteiger partial charge in [0.2, 0.25) is 18.3 Å². The van der Waals surface area contributed by atoms with Crippen molar-refractivity contribution in [2.75, 3.05) is 6.79 Å². The Hall–Kier alpha value is -2.75. The van der Waals surface area contributed by atoms with Gasteiger partial charge in [-0.15, -0.1) is 0 Å². The molecule has 4 rings (SSSR count). The number of hydrogen-bond donors (Lipinski definition) is 0. The van der Waals surface area contributed by atoms with Crippen LogP contribution in [-0.2, 0) is 0 Å². The van der Waals surface area contributed by atoms with Gasteiger partial charge in [0.25, 0.3) is 0 Å². The number of hydrogen-bond acceptors (Lipinski definition) is 4. The van der Waals surface area contributed by atoms with E-state index in [9.17, 15) is 0 Å². The van der Waals surface area contributed by atoms with E-state index in [-0.39, 0.29) is 6.79 Å². The van der Waals surface area contributed by atoms with Gasteiger partial charge in [0.15, 0.2) is 11.5 Å². The maximum Gasteiger partial charge on any atom is 0.231 e. The zero-order valence-electron chi connectivity index (χ0n) is 10.6. The Morgan fingerprint density at radius 2 is 1.55 bits per heavy atom. The van der Waals surface area contributed by atoms with Crippen LogP contribution in [0.3, 0.4) is 0 Å². The van der Waals surface area contributed by atoms with E-state index in [1.165, 1.54) is 0 Å². The first-order valence-electron chi connectivity index (χ1n) is 6.33. The van der Waals surface area contributed by atoms with Crippen LogP contribution in [-0.4, -0.2) is 11.8 Å². The van der Waals surface area contributed by atoms with E-state index in [2.05, 4.69) is 4.98 Å². The van der Waals surface area contributed by atoms with E-state index >= 15 is 0 Å². The van der Waals surface area contributed by atoms with Crippen molar-refractivity contribution in [3.63, 3.8) is 0 Å². The van der Waals surface area contributed by atoms with Gasteiger partial charge in [-0.3, -0.25) is 4.98 Å². The van der Waals surface area contributed by atoms with Gasteiger partial charge in [-0.1, -0.05) is 36.4 Å². The average molecular weight is 265 g/mol. The van der Waals surface area contributed by atoms with Crippen LogP contribution in [0.2, 0.25) is 0 Å². The molecule has 2 aromatic heterocycles. The monoisotopic (exact) mass is 265 g/mol. The molecule has 0 fully saturated rings. The van der Waals surface area contributed by atoms with Crippen molar-refractivity contribution >= 4 is 0 Å². The summed E-state index contributed by atoms with van der Waals surface area (Å²) in [5.74, 6) is 2.56. The average Bonchev–Trinajstić information content (AvgIpc) is 3.11. The third-order valence-corrected chi connectivity index (χ3v) is 3.16. The van der Waals surface area contributed by atoms with Crippen molar-refractivity contribution in [3.8, 4) is 34.3 Å². The molecule has 3 heterocycles. The highest BCUT2D eigenvalue weighted by molar-refractivity contribution is 5.78. The summed E-state index contributed by atoms with van der Waals surface area (Å²) in [6.45, 7) is 0.209. The van der Waals surface area contributed by atoms with Crippen molar-refractivity contribution in [2.45, 2.75) is 0 Å². The molecule has 0 radical (unpaired) electrons. The second kappa shape index (κ2) is 4.42. The standard InChI is InChI=1S/C16H11NO3/c1-2-6-11(7-3-1)13-15-16(19-10-18-15)14(20-13)12-8-4-5-9-17-12/h1-9H,10H2. The number of pyridine rings is 1. The fourth-order valence-corrected chi connectivity index (χ4v) is 2.26. The Morgan fingerprint density at radius 3 is 2.30 bits per heavy atom. The SMILES string of the molecule is c1ccc(-c2oc(-c3ccccn3)c3c2OCO3)cc1. The van der Waals surface area contributed by atoms with Crippen LogP contribution in [0.25, 0.3) is 22.8 Å². The highest BCUT2D eigenvalue weighted by Gasteiger charge is 2.30. The first-order chi connectivity index (χ1) is 9.93. The molecule has 0 spiro atoms. The number of rotatable bonds is 2. The van der Waals surface area contributed by atoms with Gasteiger partial charge in [-0.2, -0.15) is 0 Å². The van der Waals surface area contributed by atoms with E-state index in [4.69, 9.17) is 13.9 Å². The highest BCUT2D eigenvalue weighted by Crippen LogP contribution is 2.50. The molecule has 0 unspecified atom stereocenters. The fraction of sp³-hybridized carbons (Fsp3) is 0.0625. The number of benzene rings is 1. The van der Waals surface area contributed by atoms with Crippen molar-refractivity contribution in [3.05, 3.63) is 54.7 Å². The minimum atomic E-state index is 0.209. The summed E-state index contributed by atoms with van der Waals surface area (Å²) in [5.41, 5.74) is 1.69. The summed E-state index contributed by atoms with van der Waals surface area (Å²) in [6, 6.07) is 15.5. The molecule has 1 aliphatic heterocycles. The van der Waals surface area contributed by atoms with Gasteiger partial charge in [0.1, 0.15) is 5.69 Å². The zero-order chi connectivity index (χ0) is 13.4. The van der Waals surface area contributed by atoms with Gasteiger partial charge in [-0.25, -0.2) is 0 Å². The summed E-state index contributed by atoms with van der Waals surface area (Å²) in [6.07, 6.45) is 1.72. The summed E-state index contributed by atoms with van der Waals surface area (Å²) in [4.78, 5) is 4.30. The predicted molar refractivity (Wildman–Crippen MR) is 73.5 cm³/mol. The van der Waals surface area contributed by atoms with Gasteiger partial charge < -0.3 is 13.9 Å². The van der Waals surface area contributed by atoms with Crippen LogP contribution >= 0.6 is 0 Å². The minimum absolute atomic E-state index is 0.209. The lowest BCUT2D eigenvalue weighted by atomic mass is 10.1. The van der Waals surface area contributed by atoms with Gasteiger partial charge in [0, 0.05) is 11.8 Å². The molecule has 0 N–H and O–H groups in total. The molecule has 0 saturated heterocycles. The Bertz CT molecular complexity index is 673. The van der Waals surface area contributed by atoms with E-state index in [0.29, 0.717) is 23.0 Å². The first kappa shape index (κ1) is 11.1. The van der Waals surface area contributed by atoms with E-state index in [1.54, 1.807) is 6.20 Å². The summed E-state index contributed by atoms with van der Waals surface area (Å²) >= 11 is 0. The van der Waals surface area contributed by atoms with E-state index in [0.717, 1.165) is 11.3 Å². The van der Waals surface area contributed by atoms with Crippen molar-refractivity contribution in [2.24, 2.45) is 0 Å². The molecular formula is C16H11NO3. The quantitative estimate of drug-likeness (QED) is 0.708. The molecule has 1 aliphatic rings. The largest absolute Gasteiger partial charge is 0.449 e. The third kappa shape index (κ3) is 1.66. The normalized spacial score (nSPS) is 12.6. The number of furan rings is 1. The lowest BCUT2D eigenvalue weighted by Crippen LogP contribution is -1.96. The van der Waals surface area contributed by atoms with Crippen LogP contribution in [0.15, 0.2) is 59.1 Å². The molecule has 3 aromatic rings. The lowest BCUT2D eigenvalue weighted by molar-refractivity contribution is 0.169. The van der Waals surface area contributed by atoms with Crippen LogP contribution in [0.1, 0.15) is 0 Å². The molecule has 0 amide bonds. The topological polar surface area (TPSA) is 44.5 Å². The number of ether oxygens (including phenoxy) is 2. The molecule has 0 atom stereocenters. The second-order valence-corrected chi connectivity index (χ2v) is 4.41.